The molecular weight excluding hydrogens is 288 g/mol. The number of hydrogen-bond acceptors (Lipinski definition) is 5. The molecule has 0 aromatic rings. The van der Waals surface area contributed by atoms with Gasteiger partial charge in [0.15, 0.2) is 5.78 Å². The van der Waals surface area contributed by atoms with Crippen LogP contribution in [0.3, 0.4) is 0 Å². The standard InChI is InChI=1S/C16H20O6/c1-2-5-13(17)22-12-8-7-10(16(19)20)15(18)14(12)11-6-3-4-9-21-11/h7-8,10-11H,2-6,9H2,1H3,(H,19,20). The summed E-state index contributed by atoms with van der Waals surface area (Å²) in [6.45, 7) is 2.36. The first-order valence-corrected chi connectivity index (χ1v) is 7.56. The first-order chi connectivity index (χ1) is 10.5. The Labute approximate surface area is 128 Å². The van der Waals surface area contributed by atoms with Gasteiger partial charge in [0.25, 0.3) is 0 Å². The number of allylic oxidation sites excluding steroid dienone is 1. The van der Waals surface area contributed by atoms with E-state index < -0.39 is 29.7 Å². The highest BCUT2D eigenvalue weighted by Gasteiger charge is 2.37. The molecule has 120 valence electrons. The van der Waals surface area contributed by atoms with Crippen molar-refractivity contribution < 1.29 is 29.0 Å². The SMILES string of the molecule is CCCC(=O)OC1=C(C2CCCCO2)C(=O)C(C(=O)O)C=C1. The highest BCUT2D eigenvalue weighted by Crippen LogP contribution is 2.30. The quantitative estimate of drug-likeness (QED) is 0.617. The fraction of sp³-hybridized carbons (Fsp3) is 0.562. The van der Waals surface area contributed by atoms with Crippen molar-refractivity contribution >= 4 is 17.7 Å². The van der Waals surface area contributed by atoms with Crippen LogP contribution in [0.5, 0.6) is 0 Å². The Kier molecular flexibility index (Phi) is 5.49. The number of carbonyl (C=O) groups excluding carboxylic acids is 2. The van der Waals surface area contributed by atoms with Gasteiger partial charge in [-0.2, -0.15) is 0 Å². The van der Waals surface area contributed by atoms with Crippen LogP contribution in [-0.4, -0.2) is 35.5 Å². The Hall–Kier alpha value is -1.95. The van der Waals surface area contributed by atoms with Gasteiger partial charge in [-0.1, -0.05) is 13.0 Å². The third kappa shape index (κ3) is 3.62. The lowest BCUT2D eigenvalue weighted by Gasteiger charge is -2.28. The molecule has 1 heterocycles. The number of aliphatic carboxylic acids is 1. The highest BCUT2D eigenvalue weighted by atomic mass is 16.5. The summed E-state index contributed by atoms with van der Waals surface area (Å²) in [5.41, 5.74) is 0.180. The van der Waals surface area contributed by atoms with Crippen LogP contribution in [-0.2, 0) is 23.9 Å². The maximum absolute atomic E-state index is 12.5. The zero-order chi connectivity index (χ0) is 16.1. The molecule has 0 aromatic carbocycles. The van der Waals surface area contributed by atoms with Gasteiger partial charge in [-0.05, 0) is 31.8 Å². The molecule has 2 rings (SSSR count). The van der Waals surface area contributed by atoms with E-state index in [9.17, 15) is 14.4 Å². The summed E-state index contributed by atoms with van der Waals surface area (Å²) in [4.78, 5) is 35.3. The molecule has 1 fully saturated rings. The predicted octanol–water partition coefficient (Wildman–Crippen LogP) is 1.99. The molecule has 22 heavy (non-hydrogen) atoms. The van der Waals surface area contributed by atoms with Gasteiger partial charge in [0, 0.05) is 13.0 Å². The summed E-state index contributed by atoms with van der Waals surface area (Å²) < 4.78 is 10.8. The Bertz CT molecular complexity index is 525. The Morgan fingerprint density at radius 2 is 2.18 bits per heavy atom. The van der Waals surface area contributed by atoms with Crippen LogP contribution in [0.25, 0.3) is 0 Å². The molecule has 0 saturated carbocycles. The second-order valence-corrected chi connectivity index (χ2v) is 5.40. The molecule has 2 atom stereocenters. The summed E-state index contributed by atoms with van der Waals surface area (Å²) in [6.07, 6.45) is 5.45. The number of carboxylic acid groups (broad SMARTS) is 1. The summed E-state index contributed by atoms with van der Waals surface area (Å²) in [5.74, 6) is -3.31. The first-order valence-electron chi connectivity index (χ1n) is 7.56. The van der Waals surface area contributed by atoms with Crippen molar-refractivity contribution in [2.45, 2.75) is 45.1 Å². The number of carbonyl (C=O) groups is 3. The predicted molar refractivity (Wildman–Crippen MR) is 76.9 cm³/mol. The number of Topliss-reactive ketones (excluding diaryl/α,β-unsaturated/α-hetero) is 1. The molecule has 0 bridgehead atoms. The molecule has 6 nitrogen and oxygen atoms in total. The number of hydrogen-bond donors (Lipinski definition) is 1. The minimum atomic E-state index is -1.24. The molecule has 0 aromatic heterocycles. The molecule has 0 radical (unpaired) electrons. The minimum absolute atomic E-state index is 0.132. The van der Waals surface area contributed by atoms with Crippen LogP contribution in [0.2, 0.25) is 0 Å². The Morgan fingerprint density at radius 3 is 2.77 bits per heavy atom. The smallest absolute Gasteiger partial charge is 0.318 e. The molecule has 2 unspecified atom stereocenters. The Balaban J connectivity index is 2.30. The van der Waals surface area contributed by atoms with Gasteiger partial charge in [-0.3, -0.25) is 14.4 Å². The fourth-order valence-corrected chi connectivity index (χ4v) is 2.60. The second-order valence-electron chi connectivity index (χ2n) is 5.40. The zero-order valence-corrected chi connectivity index (χ0v) is 12.5. The molecule has 0 spiro atoms. The maximum Gasteiger partial charge on any atom is 0.318 e. The van der Waals surface area contributed by atoms with Gasteiger partial charge in [-0.15, -0.1) is 0 Å². The summed E-state index contributed by atoms with van der Waals surface area (Å²) in [5, 5.41) is 9.13. The topological polar surface area (TPSA) is 89.9 Å². The van der Waals surface area contributed by atoms with Crippen molar-refractivity contribution in [2.75, 3.05) is 6.61 Å². The lowest BCUT2D eigenvalue weighted by molar-refractivity contribution is -0.143. The number of ketones is 1. The molecule has 6 heteroatoms. The molecule has 1 aliphatic heterocycles. The monoisotopic (exact) mass is 308 g/mol. The fourth-order valence-electron chi connectivity index (χ4n) is 2.60. The van der Waals surface area contributed by atoms with Crippen molar-refractivity contribution in [3.8, 4) is 0 Å². The van der Waals surface area contributed by atoms with E-state index in [4.69, 9.17) is 14.6 Å². The summed E-state index contributed by atoms with van der Waals surface area (Å²) in [6, 6.07) is 0. The van der Waals surface area contributed by atoms with Crippen molar-refractivity contribution in [3.63, 3.8) is 0 Å². The van der Waals surface area contributed by atoms with Gasteiger partial charge in [-0.25, -0.2) is 0 Å². The highest BCUT2D eigenvalue weighted by molar-refractivity contribution is 6.11. The molecule has 2 aliphatic rings. The van der Waals surface area contributed by atoms with E-state index in [-0.39, 0.29) is 17.8 Å². The lowest BCUT2D eigenvalue weighted by atomic mass is 9.86. The van der Waals surface area contributed by atoms with Gasteiger partial charge < -0.3 is 14.6 Å². The zero-order valence-electron chi connectivity index (χ0n) is 12.5. The van der Waals surface area contributed by atoms with E-state index in [1.54, 1.807) is 0 Å². The van der Waals surface area contributed by atoms with Crippen LogP contribution < -0.4 is 0 Å². The van der Waals surface area contributed by atoms with Gasteiger partial charge in [0.2, 0.25) is 0 Å². The third-order valence-electron chi connectivity index (χ3n) is 3.70. The van der Waals surface area contributed by atoms with E-state index >= 15 is 0 Å². The Morgan fingerprint density at radius 1 is 1.41 bits per heavy atom. The van der Waals surface area contributed by atoms with Gasteiger partial charge in [0.1, 0.15) is 11.7 Å². The van der Waals surface area contributed by atoms with Crippen molar-refractivity contribution in [1.82, 2.24) is 0 Å². The largest absolute Gasteiger partial charge is 0.480 e. The second kappa shape index (κ2) is 7.35. The van der Waals surface area contributed by atoms with Crippen LogP contribution in [0.1, 0.15) is 39.0 Å². The average Bonchev–Trinajstić information content (AvgIpc) is 2.48. The van der Waals surface area contributed by atoms with Crippen LogP contribution >= 0.6 is 0 Å². The van der Waals surface area contributed by atoms with Crippen molar-refractivity contribution in [1.29, 1.82) is 0 Å². The number of esters is 1. The molecular formula is C16H20O6. The van der Waals surface area contributed by atoms with Crippen molar-refractivity contribution in [3.05, 3.63) is 23.5 Å². The van der Waals surface area contributed by atoms with E-state index in [1.165, 1.54) is 12.2 Å². The third-order valence-corrected chi connectivity index (χ3v) is 3.70. The van der Waals surface area contributed by atoms with E-state index in [0.717, 1.165) is 12.8 Å². The van der Waals surface area contributed by atoms with E-state index in [1.807, 2.05) is 6.92 Å². The summed E-state index contributed by atoms with van der Waals surface area (Å²) >= 11 is 0. The number of carboxylic acids is 1. The number of ether oxygens (including phenoxy) is 2. The summed E-state index contributed by atoms with van der Waals surface area (Å²) in [7, 11) is 0. The van der Waals surface area contributed by atoms with Gasteiger partial charge in [0.05, 0.1) is 11.7 Å². The molecule has 1 saturated heterocycles. The lowest BCUT2D eigenvalue weighted by Crippen LogP contribution is -2.35. The van der Waals surface area contributed by atoms with Crippen LogP contribution in [0.15, 0.2) is 23.5 Å². The average molecular weight is 308 g/mol. The van der Waals surface area contributed by atoms with E-state index in [2.05, 4.69) is 0 Å². The normalized spacial score (nSPS) is 25.2. The molecule has 1 N–H and O–H groups in total. The van der Waals surface area contributed by atoms with Crippen LogP contribution in [0.4, 0.5) is 0 Å². The van der Waals surface area contributed by atoms with Gasteiger partial charge >= 0.3 is 11.9 Å². The van der Waals surface area contributed by atoms with Crippen LogP contribution in [0, 0.1) is 5.92 Å². The van der Waals surface area contributed by atoms with Crippen molar-refractivity contribution in [2.24, 2.45) is 5.92 Å². The molecule has 1 aliphatic carbocycles. The van der Waals surface area contributed by atoms with E-state index in [0.29, 0.717) is 19.4 Å². The minimum Gasteiger partial charge on any atom is -0.480 e. The number of rotatable bonds is 5. The first kappa shape index (κ1) is 16.4. The maximum atomic E-state index is 12.5. The molecule has 0 amide bonds.